The summed E-state index contributed by atoms with van der Waals surface area (Å²) in [6, 6.07) is 12.9. The highest BCUT2D eigenvalue weighted by atomic mass is 19.1. The Balaban J connectivity index is 1.32. The molecule has 0 spiro atoms. The van der Waals surface area contributed by atoms with Crippen molar-refractivity contribution >= 4 is 17.8 Å². The third kappa shape index (κ3) is 4.88. The number of anilines is 1. The van der Waals surface area contributed by atoms with Crippen LogP contribution in [0.15, 0.2) is 54.9 Å². The van der Waals surface area contributed by atoms with Crippen molar-refractivity contribution in [2.75, 3.05) is 18.4 Å². The number of benzene rings is 2. The summed E-state index contributed by atoms with van der Waals surface area (Å²) >= 11 is 0. The van der Waals surface area contributed by atoms with Crippen LogP contribution in [0.4, 0.5) is 10.1 Å². The molecule has 2 aromatic carbocycles. The zero-order chi connectivity index (χ0) is 22.5. The molecule has 3 aromatic rings. The number of H-pyrrole nitrogens is 1. The molecule has 1 aliphatic heterocycles. The van der Waals surface area contributed by atoms with E-state index in [2.05, 4.69) is 22.4 Å². The average molecular weight is 435 g/mol. The molecule has 0 aliphatic carbocycles. The zero-order valence-corrected chi connectivity index (χ0v) is 18.2. The molecular formula is C25H29FN5O+. The minimum atomic E-state index is -0.247. The fraction of sp³-hybridized carbons (Fsp3) is 0.320. The predicted molar refractivity (Wildman–Crippen MR) is 124 cm³/mol. The summed E-state index contributed by atoms with van der Waals surface area (Å²) in [6.07, 6.45) is 6.92. The highest BCUT2D eigenvalue weighted by Crippen LogP contribution is 2.27. The van der Waals surface area contributed by atoms with E-state index in [1.54, 1.807) is 30.6 Å². The van der Waals surface area contributed by atoms with Crippen LogP contribution in [0.2, 0.25) is 0 Å². The fourth-order valence-electron chi connectivity index (χ4n) is 4.43. The number of rotatable bonds is 8. The number of aryl methyl sites for hydroxylation is 1. The molecule has 7 heteroatoms. The van der Waals surface area contributed by atoms with Gasteiger partial charge in [-0.05, 0) is 55.0 Å². The third-order valence-electron chi connectivity index (χ3n) is 6.19. The topological polar surface area (TPSA) is 86.6 Å². The first kappa shape index (κ1) is 21.7. The van der Waals surface area contributed by atoms with Gasteiger partial charge in [0.15, 0.2) is 6.21 Å². The van der Waals surface area contributed by atoms with Gasteiger partial charge in [-0.2, -0.15) is 5.10 Å². The number of likely N-dealkylation sites (tertiary alicyclic amines) is 1. The van der Waals surface area contributed by atoms with Gasteiger partial charge >= 0.3 is 0 Å². The number of carbonyl (C=O) groups is 1. The van der Waals surface area contributed by atoms with Crippen LogP contribution in [0, 0.1) is 11.7 Å². The first-order chi connectivity index (χ1) is 15.5. The highest BCUT2D eigenvalue weighted by molar-refractivity contribution is 5.87. The first-order valence-corrected chi connectivity index (χ1v) is 11.0. The second-order valence-corrected chi connectivity index (χ2v) is 8.42. The monoisotopic (exact) mass is 434 g/mol. The molecule has 1 amide bonds. The van der Waals surface area contributed by atoms with E-state index in [0.717, 1.165) is 35.3 Å². The Bertz CT molecular complexity index is 1080. The van der Waals surface area contributed by atoms with Crippen LogP contribution in [0.5, 0.6) is 0 Å². The van der Waals surface area contributed by atoms with Crippen LogP contribution >= 0.6 is 0 Å². The minimum Gasteiger partial charge on any atom is -0.384 e. The van der Waals surface area contributed by atoms with Crippen LogP contribution in [0.1, 0.15) is 30.9 Å². The molecule has 1 aliphatic rings. The molecule has 1 aromatic heterocycles. The van der Waals surface area contributed by atoms with E-state index in [0.29, 0.717) is 30.9 Å². The maximum absolute atomic E-state index is 13.8. The molecule has 2 heterocycles. The van der Waals surface area contributed by atoms with Crippen LogP contribution < -0.4 is 10.7 Å². The Morgan fingerprint density at radius 1 is 1.31 bits per heavy atom. The quantitative estimate of drug-likeness (QED) is 0.477. The normalized spacial score (nSPS) is 18.0. The van der Waals surface area contributed by atoms with Crippen molar-refractivity contribution in [1.82, 2.24) is 15.1 Å². The summed E-state index contributed by atoms with van der Waals surface area (Å²) < 4.78 is 13.8. The summed E-state index contributed by atoms with van der Waals surface area (Å²) in [5.41, 5.74) is 4.54. The summed E-state index contributed by atoms with van der Waals surface area (Å²) in [5.74, 6) is 0.188. The van der Waals surface area contributed by atoms with Gasteiger partial charge < -0.3 is 10.2 Å². The van der Waals surface area contributed by atoms with Crippen molar-refractivity contribution < 1.29 is 14.6 Å². The molecule has 6 nitrogen and oxygen atoms in total. The second kappa shape index (κ2) is 9.77. The largest absolute Gasteiger partial charge is 0.384 e. The highest BCUT2D eigenvalue weighted by Gasteiger charge is 2.32. The van der Waals surface area contributed by atoms with Crippen molar-refractivity contribution in [1.29, 1.82) is 0 Å². The van der Waals surface area contributed by atoms with Crippen LogP contribution in [0.25, 0.3) is 11.1 Å². The van der Waals surface area contributed by atoms with E-state index >= 15 is 0 Å². The van der Waals surface area contributed by atoms with E-state index in [9.17, 15) is 9.18 Å². The van der Waals surface area contributed by atoms with Gasteiger partial charge in [0.25, 0.3) is 0 Å². The van der Waals surface area contributed by atoms with E-state index in [1.165, 1.54) is 6.07 Å². The molecule has 4 rings (SSSR count). The van der Waals surface area contributed by atoms with Crippen molar-refractivity contribution in [2.45, 2.75) is 32.2 Å². The number of amides is 1. The number of aromatic nitrogens is 2. The maximum Gasteiger partial charge on any atom is 0.223 e. The molecule has 0 radical (unpaired) electrons. The van der Waals surface area contributed by atoms with Gasteiger partial charge in [0.2, 0.25) is 5.91 Å². The smallest absolute Gasteiger partial charge is 0.223 e. The molecule has 1 unspecified atom stereocenters. The Hall–Kier alpha value is -3.48. The number of nitrogens with two attached hydrogens (primary N) is 1. The van der Waals surface area contributed by atoms with Crippen molar-refractivity contribution in [3.8, 4) is 11.1 Å². The number of aromatic amines is 1. The molecule has 1 fully saturated rings. The van der Waals surface area contributed by atoms with E-state index in [1.807, 2.05) is 29.3 Å². The van der Waals surface area contributed by atoms with Crippen molar-refractivity contribution in [2.24, 2.45) is 5.92 Å². The SMILES string of the molecule is C[C@@H]1CC(CNc2ccc(-c3cn[nH]c3)cc2C=[NH2+])CN1C(=O)CCc1ccccc1F. The van der Waals surface area contributed by atoms with Gasteiger partial charge in [0.05, 0.1) is 11.8 Å². The summed E-state index contributed by atoms with van der Waals surface area (Å²) in [4.78, 5) is 14.7. The Morgan fingerprint density at radius 2 is 2.16 bits per heavy atom. The average Bonchev–Trinajstić information content (AvgIpc) is 3.47. The molecule has 166 valence electrons. The van der Waals surface area contributed by atoms with Crippen molar-refractivity contribution in [3.05, 3.63) is 71.8 Å². The van der Waals surface area contributed by atoms with Crippen LogP contribution in [-0.2, 0) is 11.2 Å². The molecule has 0 bridgehead atoms. The van der Waals surface area contributed by atoms with E-state index < -0.39 is 0 Å². The fourth-order valence-corrected chi connectivity index (χ4v) is 4.43. The predicted octanol–water partition coefficient (Wildman–Crippen LogP) is 2.68. The number of carbonyl (C=O) groups excluding carboxylic acids is 1. The Morgan fingerprint density at radius 3 is 2.91 bits per heavy atom. The summed E-state index contributed by atoms with van der Waals surface area (Å²) in [5, 5.41) is 16.2. The van der Waals surface area contributed by atoms with Gasteiger partial charge in [0.1, 0.15) is 5.82 Å². The molecule has 0 saturated carbocycles. The van der Waals surface area contributed by atoms with Crippen LogP contribution in [0.3, 0.4) is 0 Å². The van der Waals surface area contributed by atoms with Gasteiger partial charge in [-0.3, -0.25) is 15.3 Å². The lowest BCUT2D eigenvalue weighted by Crippen LogP contribution is -2.34. The molecule has 1 saturated heterocycles. The van der Waals surface area contributed by atoms with E-state index in [4.69, 9.17) is 5.41 Å². The standard InChI is InChI=1S/C25H28FN5O/c1-17-10-18(16-31(17)25(32)9-7-19-4-2-3-5-23(19)26)13-28-24-8-6-20(11-21(24)12-27)22-14-29-30-15-22/h2-6,8,11-12,14-15,17-18,27-28H,7,9-10,13,16H2,1H3,(H,29,30)/p+1/t17-,18?/m1/s1. The third-order valence-corrected chi connectivity index (χ3v) is 6.19. The molecule has 2 atom stereocenters. The number of hydrogen-bond donors (Lipinski definition) is 3. The maximum atomic E-state index is 13.8. The summed E-state index contributed by atoms with van der Waals surface area (Å²) in [6.45, 7) is 3.55. The number of nitrogens with zero attached hydrogens (tertiary/aromatic N) is 2. The lowest BCUT2D eigenvalue weighted by molar-refractivity contribution is -0.131. The lowest BCUT2D eigenvalue weighted by atomic mass is 10.0. The Labute approximate surface area is 187 Å². The molecular weight excluding hydrogens is 405 g/mol. The van der Waals surface area contributed by atoms with Gasteiger partial charge in [-0.25, -0.2) is 4.39 Å². The van der Waals surface area contributed by atoms with Gasteiger partial charge in [0, 0.05) is 43.0 Å². The second-order valence-electron chi connectivity index (χ2n) is 8.42. The first-order valence-electron chi connectivity index (χ1n) is 11.0. The molecule has 4 N–H and O–H groups in total. The van der Waals surface area contributed by atoms with Crippen LogP contribution in [-0.4, -0.2) is 46.4 Å². The van der Waals surface area contributed by atoms with E-state index in [-0.39, 0.29) is 17.8 Å². The van der Waals surface area contributed by atoms with Crippen molar-refractivity contribution in [3.63, 3.8) is 0 Å². The van der Waals surface area contributed by atoms with Gasteiger partial charge in [-0.1, -0.05) is 24.3 Å². The number of hydrogen-bond acceptors (Lipinski definition) is 3. The molecule has 32 heavy (non-hydrogen) atoms. The number of halogens is 1. The zero-order valence-electron chi connectivity index (χ0n) is 18.2. The minimum absolute atomic E-state index is 0.0868. The van der Waals surface area contributed by atoms with Gasteiger partial charge in [-0.15, -0.1) is 0 Å². The Kier molecular flexibility index (Phi) is 6.63. The summed E-state index contributed by atoms with van der Waals surface area (Å²) in [7, 11) is 0. The number of nitrogens with one attached hydrogen (secondary N) is 2. The lowest BCUT2D eigenvalue weighted by Gasteiger charge is -2.21.